The number of H-pyrrole nitrogens is 1. The Morgan fingerprint density at radius 3 is 3.12 bits per heavy atom. The van der Waals surface area contributed by atoms with Crippen LogP contribution in [-0.2, 0) is 17.6 Å². The van der Waals surface area contributed by atoms with Gasteiger partial charge in [-0.3, -0.25) is 4.79 Å². The van der Waals surface area contributed by atoms with E-state index in [1.165, 1.54) is 0 Å². The van der Waals surface area contributed by atoms with Crippen molar-refractivity contribution in [1.82, 2.24) is 35.2 Å². The number of nitrogens with zero attached hydrogens (tertiary/aromatic N) is 4. The Bertz CT molecular complexity index is 827. The van der Waals surface area contributed by atoms with Gasteiger partial charge in [0.2, 0.25) is 10.9 Å². The maximum Gasteiger partial charge on any atom is 0.243 e. The minimum absolute atomic E-state index is 0. The van der Waals surface area contributed by atoms with E-state index in [1.54, 1.807) is 22.2 Å². The Morgan fingerprint density at radius 1 is 1.48 bits per heavy atom. The molecule has 1 aliphatic heterocycles. The molecule has 3 aromatic heterocycles. The molecule has 0 saturated heterocycles. The van der Waals surface area contributed by atoms with Gasteiger partial charge in [0.15, 0.2) is 0 Å². The summed E-state index contributed by atoms with van der Waals surface area (Å²) in [6.45, 7) is 3.27. The van der Waals surface area contributed by atoms with Crippen molar-refractivity contribution >= 4 is 47.0 Å². The molecule has 0 spiro atoms. The molecule has 1 amide bonds. The Kier molecular flexibility index (Phi) is 6.39. The molecule has 3 N–H and O–H groups in total. The van der Waals surface area contributed by atoms with Crippen LogP contribution in [-0.4, -0.2) is 43.6 Å². The predicted octanol–water partition coefficient (Wildman–Crippen LogP) is 1.21. The monoisotopic (exact) mass is 403 g/mol. The van der Waals surface area contributed by atoms with Gasteiger partial charge in [-0.05, 0) is 6.92 Å². The molecular formula is C14H19Cl2N7OS. The molecule has 1 unspecified atom stereocenters. The van der Waals surface area contributed by atoms with Crippen LogP contribution in [0.25, 0.3) is 4.96 Å². The number of nitrogens with one attached hydrogen (secondary N) is 3. The van der Waals surface area contributed by atoms with E-state index in [9.17, 15) is 4.79 Å². The van der Waals surface area contributed by atoms with Gasteiger partial charge in [-0.2, -0.15) is 5.10 Å². The van der Waals surface area contributed by atoms with E-state index in [4.69, 9.17) is 0 Å². The normalized spacial score (nSPS) is 16.0. The number of aromatic amines is 1. The summed E-state index contributed by atoms with van der Waals surface area (Å²) in [7, 11) is 0. The standard InChI is InChI=1S/C14H17N7OS.2ClH/c1-8-20-21-6-9(19-14(21)23-8)2-4-16-13(22)12-11-10(3-5-15-12)17-7-18-11;;/h6-7,12,15H,2-5H2,1H3,(H,16,22)(H,17,18);2*1H. The average Bonchev–Trinajstić information content (AvgIpc) is 3.20. The fourth-order valence-corrected chi connectivity index (χ4v) is 3.56. The van der Waals surface area contributed by atoms with E-state index >= 15 is 0 Å². The summed E-state index contributed by atoms with van der Waals surface area (Å²) in [6, 6.07) is -0.375. The Morgan fingerprint density at radius 2 is 2.32 bits per heavy atom. The van der Waals surface area contributed by atoms with Crippen LogP contribution in [0.15, 0.2) is 12.5 Å². The summed E-state index contributed by atoms with van der Waals surface area (Å²) in [5.41, 5.74) is 2.77. The maximum atomic E-state index is 12.4. The molecule has 25 heavy (non-hydrogen) atoms. The van der Waals surface area contributed by atoms with Crippen molar-refractivity contribution in [3.05, 3.63) is 34.6 Å². The van der Waals surface area contributed by atoms with E-state index < -0.39 is 0 Å². The number of fused-ring (bicyclic) bond motifs is 2. The number of halogens is 2. The number of carbonyl (C=O) groups is 1. The number of rotatable bonds is 4. The van der Waals surface area contributed by atoms with Gasteiger partial charge >= 0.3 is 0 Å². The van der Waals surface area contributed by atoms with Gasteiger partial charge in [0, 0.05) is 31.6 Å². The van der Waals surface area contributed by atoms with Crippen LogP contribution < -0.4 is 10.6 Å². The molecule has 0 saturated carbocycles. The molecule has 4 rings (SSSR count). The number of amides is 1. The summed E-state index contributed by atoms with van der Waals surface area (Å²) < 4.78 is 1.79. The van der Waals surface area contributed by atoms with Gasteiger partial charge in [-0.15, -0.1) is 24.8 Å². The highest BCUT2D eigenvalue weighted by Crippen LogP contribution is 2.19. The second-order valence-electron chi connectivity index (χ2n) is 5.52. The fourth-order valence-electron chi connectivity index (χ4n) is 2.82. The number of aromatic nitrogens is 5. The average molecular weight is 404 g/mol. The fraction of sp³-hybridized carbons (Fsp3) is 0.429. The zero-order valence-electron chi connectivity index (χ0n) is 13.5. The van der Waals surface area contributed by atoms with Crippen molar-refractivity contribution in [3.63, 3.8) is 0 Å². The van der Waals surface area contributed by atoms with Crippen LogP contribution in [0.3, 0.4) is 0 Å². The number of carbonyl (C=O) groups excluding carboxylic acids is 1. The van der Waals surface area contributed by atoms with Crippen LogP contribution >= 0.6 is 36.2 Å². The smallest absolute Gasteiger partial charge is 0.243 e. The van der Waals surface area contributed by atoms with Crippen molar-refractivity contribution in [1.29, 1.82) is 0 Å². The first-order valence-electron chi connectivity index (χ1n) is 7.55. The van der Waals surface area contributed by atoms with Gasteiger partial charge in [-0.1, -0.05) is 11.3 Å². The molecular weight excluding hydrogens is 385 g/mol. The molecule has 0 radical (unpaired) electrons. The van der Waals surface area contributed by atoms with Gasteiger partial charge in [-0.25, -0.2) is 14.5 Å². The minimum atomic E-state index is -0.375. The SMILES string of the molecule is Cc1nn2cc(CCNC(=O)C3NCCc4[nH]cnc43)nc2s1.Cl.Cl. The second-order valence-corrected chi connectivity index (χ2v) is 6.69. The third-order valence-electron chi connectivity index (χ3n) is 3.89. The molecule has 1 aliphatic rings. The highest BCUT2D eigenvalue weighted by atomic mass is 35.5. The van der Waals surface area contributed by atoms with E-state index in [0.29, 0.717) is 13.0 Å². The van der Waals surface area contributed by atoms with Crippen LogP contribution in [0.2, 0.25) is 0 Å². The van der Waals surface area contributed by atoms with Crippen molar-refractivity contribution in [2.75, 3.05) is 13.1 Å². The first-order valence-corrected chi connectivity index (χ1v) is 8.37. The first kappa shape index (κ1) is 19.6. The van der Waals surface area contributed by atoms with E-state index in [2.05, 4.69) is 30.7 Å². The summed E-state index contributed by atoms with van der Waals surface area (Å²) in [5, 5.41) is 11.5. The van der Waals surface area contributed by atoms with Crippen molar-refractivity contribution < 1.29 is 4.79 Å². The highest BCUT2D eigenvalue weighted by Gasteiger charge is 2.28. The highest BCUT2D eigenvalue weighted by molar-refractivity contribution is 7.16. The van der Waals surface area contributed by atoms with Gasteiger partial charge in [0.05, 0.1) is 23.9 Å². The lowest BCUT2D eigenvalue weighted by molar-refractivity contribution is -0.123. The quantitative estimate of drug-likeness (QED) is 0.607. The molecule has 3 aromatic rings. The largest absolute Gasteiger partial charge is 0.354 e. The van der Waals surface area contributed by atoms with Crippen molar-refractivity contribution in [2.24, 2.45) is 0 Å². The van der Waals surface area contributed by atoms with Gasteiger partial charge < -0.3 is 15.6 Å². The molecule has 1 atom stereocenters. The second kappa shape index (κ2) is 8.13. The van der Waals surface area contributed by atoms with E-state index in [0.717, 1.165) is 40.0 Å². The van der Waals surface area contributed by atoms with Crippen LogP contribution in [0, 0.1) is 6.92 Å². The Hall–Kier alpha value is -1.68. The molecule has 0 aromatic carbocycles. The molecule has 0 bridgehead atoms. The molecule has 136 valence electrons. The van der Waals surface area contributed by atoms with E-state index in [1.807, 2.05) is 13.1 Å². The summed E-state index contributed by atoms with van der Waals surface area (Å²) in [5.74, 6) is -0.0481. The molecule has 0 fully saturated rings. The molecule has 8 nitrogen and oxygen atoms in total. The maximum absolute atomic E-state index is 12.4. The number of hydrogen-bond acceptors (Lipinski definition) is 6. The van der Waals surface area contributed by atoms with Gasteiger partial charge in [0.25, 0.3) is 0 Å². The zero-order valence-corrected chi connectivity index (χ0v) is 15.9. The zero-order chi connectivity index (χ0) is 15.8. The lowest BCUT2D eigenvalue weighted by atomic mass is 10.1. The topological polar surface area (TPSA) is 100 Å². The lowest BCUT2D eigenvalue weighted by Crippen LogP contribution is -2.42. The number of imidazole rings is 2. The summed E-state index contributed by atoms with van der Waals surface area (Å²) in [6.07, 6.45) is 5.11. The third-order valence-corrected chi connectivity index (χ3v) is 4.72. The van der Waals surface area contributed by atoms with Crippen LogP contribution in [0.4, 0.5) is 0 Å². The predicted molar refractivity (Wildman–Crippen MR) is 99.8 cm³/mol. The third kappa shape index (κ3) is 3.95. The van der Waals surface area contributed by atoms with E-state index in [-0.39, 0.29) is 36.8 Å². The molecule has 0 aliphatic carbocycles. The van der Waals surface area contributed by atoms with Gasteiger partial charge in [0.1, 0.15) is 11.0 Å². The van der Waals surface area contributed by atoms with Crippen molar-refractivity contribution in [3.8, 4) is 0 Å². The van der Waals surface area contributed by atoms with Crippen molar-refractivity contribution in [2.45, 2.75) is 25.8 Å². The Balaban J connectivity index is 0.00000113. The molecule has 11 heteroatoms. The minimum Gasteiger partial charge on any atom is -0.354 e. The van der Waals surface area contributed by atoms with Crippen LogP contribution in [0.5, 0.6) is 0 Å². The lowest BCUT2D eigenvalue weighted by Gasteiger charge is -2.22. The first-order chi connectivity index (χ1) is 11.2. The van der Waals surface area contributed by atoms with Crippen LogP contribution in [0.1, 0.15) is 28.1 Å². The Labute approximate surface area is 160 Å². The molecule has 4 heterocycles. The summed E-state index contributed by atoms with van der Waals surface area (Å²) >= 11 is 1.56. The number of hydrogen-bond donors (Lipinski definition) is 3. The number of aryl methyl sites for hydroxylation is 1. The summed E-state index contributed by atoms with van der Waals surface area (Å²) in [4.78, 5) is 25.1.